The van der Waals surface area contributed by atoms with Gasteiger partial charge in [0.25, 0.3) is 0 Å². The molecule has 1 aromatic carbocycles. The molecule has 0 spiro atoms. The van der Waals surface area contributed by atoms with E-state index in [9.17, 15) is 9.18 Å². The smallest absolute Gasteiger partial charge is 0.230 e. The Morgan fingerprint density at radius 1 is 1.12 bits per heavy atom. The first-order valence-electron chi connectivity index (χ1n) is 7.63. The molecule has 1 heterocycles. The molecule has 4 nitrogen and oxygen atoms in total. The van der Waals surface area contributed by atoms with Crippen molar-refractivity contribution in [1.29, 1.82) is 0 Å². The second-order valence-corrected chi connectivity index (χ2v) is 7.34. The predicted molar refractivity (Wildman–Crippen MR) is 97.0 cm³/mol. The number of nitrogens with zero attached hydrogens (tertiary/aromatic N) is 2. The van der Waals surface area contributed by atoms with Gasteiger partial charge < -0.3 is 5.32 Å². The molecule has 2 aromatic rings. The molecule has 0 bridgehead atoms. The third kappa shape index (κ3) is 6.88. The lowest BCUT2D eigenvalue weighted by Gasteiger charge is -2.06. The molecule has 1 aromatic heterocycles. The van der Waals surface area contributed by atoms with E-state index in [4.69, 9.17) is 0 Å². The summed E-state index contributed by atoms with van der Waals surface area (Å²) in [6, 6.07) is 8.34. The zero-order valence-corrected chi connectivity index (χ0v) is 15.3. The zero-order valence-electron chi connectivity index (χ0n) is 13.7. The van der Waals surface area contributed by atoms with Crippen LogP contribution in [0.15, 0.2) is 40.4 Å². The fourth-order valence-corrected chi connectivity index (χ4v) is 3.59. The highest BCUT2D eigenvalue weighted by Crippen LogP contribution is 2.18. The first-order chi connectivity index (χ1) is 11.5. The molecule has 0 aliphatic rings. The van der Waals surface area contributed by atoms with E-state index in [1.54, 1.807) is 23.9 Å². The van der Waals surface area contributed by atoms with Crippen molar-refractivity contribution in [3.63, 3.8) is 0 Å². The molecule has 128 valence electrons. The van der Waals surface area contributed by atoms with Crippen molar-refractivity contribution in [2.45, 2.75) is 30.3 Å². The molecule has 2 rings (SSSR count). The Morgan fingerprint density at radius 2 is 1.79 bits per heavy atom. The summed E-state index contributed by atoms with van der Waals surface area (Å²) in [7, 11) is 0. The van der Waals surface area contributed by atoms with Crippen LogP contribution < -0.4 is 5.32 Å². The van der Waals surface area contributed by atoms with E-state index in [-0.39, 0.29) is 11.7 Å². The fourth-order valence-electron chi connectivity index (χ4n) is 1.96. The van der Waals surface area contributed by atoms with Gasteiger partial charge >= 0.3 is 0 Å². The van der Waals surface area contributed by atoms with Gasteiger partial charge in [-0.3, -0.25) is 4.79 Å². The number of hydrogen-bond acceptors (Lipinski definition) is 5. The lowest BCUT2D eigenvalue weighted by atomic mass is 10.4. The van der Waals surface area contributed by atoms with Crippen LogP contribution >= 0.6 is 23.5 Å². The summed E-state index contributed by atoms with van der Waals surface area (Å²) < 4.78 is 12.8. The second-order valence-electron chi connectivity index (χ2n) is 5.23. The van der Waals surface area contributed by atoms with E-state index in [0.717, 1.165) is 28.5 Å². The number of carbonyl (C=O) groups excluding carboxylic acids is 1. The highest BCUT2D eigenvalue weighted by molar-refractivity contribution is 7.99. The topological polar surface area (TPSA) is 54.9 Å². The van der Waals surface area contributed by atoms with Crippen LogP contribution in [0.5, 0.6) is 0 Å². The number of halogens is 1. The number of amides is 1. The predicted octanol–water partition coefficient (Wildman–Crippen LogP) is 3.62. The molecule has 7 heteroatoms. The van der Waals surface area contributed by atoms with Crippen LogP contribution in [0, 0.1) is 19.7 Å². The summed E-state index contributed by atoms with van der Waals surface area (Å²) >= 11 is 2.99. The second kappa shape index (κ2) is 9.64. The molecule has 0 unspecified atom stereocenters. The molecule has 1 amide bonds. The minimum absolute atomic E-state index is 0.0189. The van der Waals surface area contributed by atoms with Gasteiger partial charge in [-0.15, -0.1) is 11.8 Å². The molecule has 0 atom stereocenters. The first kappa shape index (κ1) is 18.7. The van der Waals surface area contributed by atoms with Crippen molar-refractivity contribution in [3.05, 3.63) is 47.5 Å². The number of hydrogen-bond donors (Lipinski definition) is 1. The van der Waals surface area contributed by atoms with Crippen LogP contribution in [-0.2, 0) is 4.79 Å². The Morgan fingerprint density at radius 3 is 2.46 bits per heavy atom. The van der Waals surface area contributed by atoms with Crippen LogP contribution in [-0.4, -0.2) is 33.9 Å². The van der Waals surface area contributed by atoms with E-state index in [2.05, 4.69) is 15.3 Å². The van der Waals surface area contributed by atoms with Gasteiger partial charge in [0.05, 0.1) is 5.75 Å². The summed E-state index contributed by atoms with van der Waals surface area (Å²) in [5, 5.41) is 3.52. The van der Waals surface area contributed by atoms with Crippen molar-refractivity contribution in [2.24, 2.45) is 0 Å². The maximum Gasteiger partial charge on any atom is 0.230 e. The maximum absolute atomic E-state index is 12.8. The number of nitrogens with one attached hydrogen (secondary N) is 1. The molecule has 0 aliphatic carbocycles. The number of thioether (sulfide) groups is 2. The van der Waals surface area contributed by atoms with Crippen molar-refractivity contribution in [2.75, 3.05) is 18.1 Å². The van der Waals surface area contributed by atoms with Crippen molar-refractivity contribution in [3.8, 4) is 0 Å². The Balaban J connectivity index is 1.60. The Bertz CT molecular complexity index is 660. The largest absolute Gasteiger partial charge is 0.355 e. The summed E-state index contributed by atoms with van der Waals surface area (Å²) in [6.07, 6.45) is 0.860. The highest BCUT2D eigenvalue weighted by atomic mass is 32.2. The highest BCUT2D eigenvalue weighted by Gasteiger charge is 2.05. The molecular formula is C17H20FN3OS2. The quantitative estimate of drug-likeness (QED) is 0.440. The van der Waals surface area contributed by atoms with Crippen LogP contribution in [0.2, 0.25) is 0 Å². The SMILES string of the molecule is Cc1cc(C)nc(SCC(=O)NCCCSc2ccc(F)cc2)n1. The minimum Gasteiger partial charge on any atom is -0.355 e. The van der Waals surface area contributed by atoms with Crippen molar-refractivity contribution < 1.29 is 9.18 Å². The number of rotatable bonds is 8. The van der Waals surface area contributed by atoms with E-state index in [1.807, 2.05) is 19.9 Å². The standard InChI is InChI=1S/C17H20FN3OS2/c1-12-10-13(2)21-17(20-12)24-11-16(22)19-8-3-9-23-15-6-4-14(18)5-7-15/h4-7,10H,3,8-9,11H2,1-2H3,(H,19,22). The molecular weight excluding hydrogens is 345 g/mol. The maximum atomic E-state index is 12.8. The van der Waals surface area contributed by atoms with Crippen LogP contribution in [0.4, 0.5) is 4.39 Å². The zero-order chi connectivity index (χ0) is 17.4. The molecule has 0 saturated heterocycles. The monoisotopic (exact) mass is 365 g/mol. The van der Waals surface area contributed by atoms with Gasteiger partial charge in [-0.1, -0.05) is 11.8 Å². The van der Waals surface area contributed by atoms with Gasteiger partial charge in [0.2, 0.25) is 5.91 Å². The lowest BCUT2D eigenvalue weighted by molar-refractivity contribution is -0.118. The van der Waals surface area contributed by atoms with E-state index in [0.29, 0.717) is 17.5 Å². The summed E-state index contributed by atoms with van der Waals surface area (Å²) in [6.45, 7) is 4.45. The average molecular weight is 365 g/mol. The molecule has 0 saturated carbocycles. The molecule has 0 fully saturated rings. The Labute approximate surface area is 150 Å². The fraction of sp³-hybridized carbons (Fsp3) is 0.353. The Kier molecular flexibility index (Phi) is 7.52. The number of carbonyl (C=O) groups is 1. The van der Waals surface area contributed by atoms with Gasteiger partial charge in [0, 0.05) is 22.8 Å². The van der Waals surface area contributed by atoms with Crippen LogP contribution in [0.3, 0.4) is 0 Å². The third-order valence-corrected chi connectivity index (χ3v) is 4.97. The summed E-state index contributed by atoms with van der Waals surface area (Å²) in [4.78, 5) is 21.4. The summed E-state index contributed by atoms with van der Waals surface area (Å²) in [5.74, 6) is 0.944. The first-order valence-corrected chi connectivity index (χ1v) is 9.60. The van der Waals surface area contributed by atoms with Gasteiger partial charge in [0.15, 0.2) is 5.16 Å². The van der Waals surface area contributed by atoms with Gasteiger partial charge in [-0.05, 0) is 56.4 Å². The lowest BCUT2D eigenvalue weighted by Crippen LogP contribution is -2.26. The van der Waals surface area contributed by atoms with Gasteiger partial charge in [-0.2, -0.15) is 0 Å². The van der Waals surface area contributed by atoms with Crippen molar-refractivity contribution >= 4 is 29.4 Å². The third-order valence-electron chi connectivity index (χ3n) is 3.02. The van der Waals surface area contributed by atoms with E-state index >= 15 is 0 Å². The van der Waals surface area contributed by atoms with Gasteiger partial charge in [-0.25, -0.2) is 14.4 Å². The van der Waals surface area contributed by atoms with Crippen LogP contribution in [0.25, 0.3) is 0 Å². The number of benzene rings is 1. The van der Waals surface area contributed by atoms with E-state index in [1.165, 1.54) is 23.9 Å². The summed E-state index contributed by atoms with van der Waals surface area (Å²) in [5.41, 5.74) is 1.81. The molecule has 1 N–H and O–H groups in total. The minimum atomic E-state index is -0.225. The van der Waals surface area contributed by atoms with Crippen molar-refractivity contribution in [1.82, 2.24) is 15.3 Å². The number of aromatic nitrogens is 2. The Hall–Kier alpha value is -1.60. The van der Waals surface area contributed by atoms with Crippen LogP contribution in [0.1, 0.15) is 17.8 Å². The number of aryl methyl sites for hydroxylation is 2. The molecule has 0 radical (unpaired) electrons. The molecule has 0 aliphatic heterocycles. The van der Waals surface area contributed by atoms with E-state index < -0.39 is 0 Å². The van der Waals surface area contributed by atoms with Gasteiger partial charge in [0.1, 0.15) is 5.82 Å². The average Bonchev–Trinajstić information content (AvgIpc) is 2.53. The normalized spacial score (nSPS) is 10.6. The molecule has 24 heavy (non-hydrogen) atoms.